The van der Waals surface area contributed by atoms with Crippen LogP contribution in [-0.2, 0) is 16.0 Å². The highest BCUT2D eigenvalue weighted by atomic mass is 16.5. The summed E-state index contributed by atoms with van der Waals surface area (Å²) in [6.07, 6.45) is 4.11. The maximum atomic E-state index is 12.0. The van der Waals surface area contributed by atoms with Crippen LogP contribution in [0.2, 0.25) is 0 Å². The number of carbonyl (C=O) groups excluding carboxylic acids is 1. The zero-order chi connectivity index (χ0) is 12.5. The first kappa shape index (κ1) is 11.5. The molecule has 2 saturated heterocycles. The number of nitrogen functional groups attached to an aromatic ring is 1. The van der Waals surface area contributed by atoms with Gasteiger partial charge < -0.3 is 15.8 Å². The van der Waals surface area contributed by atoms with Crippen LogP contribution in [-0.4, -0.2) is 24.2 Å². The van der Waals surface area contributed by atoms with E-state index in [2.05, 4.69) is 5.32 Å². The maximum Gasteiger partial charge on any atom is 0.224 e. The molecule has 1 aromatic rings. The second-order valence-corrected chi connectivity index (χ2v) is 5.16. The van der Waals surface area contributed by atoms with E-state index in [0.29, 0.717) is 18.2 Å². The predicted octanol–water partition coefficient (Wildman–Crippen LogP) is 1.25. The van der Waals surface area contributed by atoms with Crippen molar-refractivity contribution in [3.63, 3.8) is 0 Å². The second-order valence-electron chi connectivity index (χ2n) is 5.16. The monoisotopic (exact) mass is 246 g/mol. The first-order valence-corrected chi connectivity index (χ1v) is 6.50. The third-order valence-corrected chi connectivity index (χ3v) is 3.86. The topological polar surface area (TPSA) is 64.4 Å². The lowest BCUT2D eigenvalue weighted by molar-refractivity contribution is -0.121. The van der Waals surface area contributed by atoms with E-state index >= 15 is 0 Å². The largest absolute Gasteiger partial charge is 0.398 e. The molecule has 2 bridgehead atoms. The van der Waals surface area contributed by atoms with Gasteiger partial charge in [-0.1, -0.05) is 18.2 Å². The van der Waals surface area contributed by atoms with E-state index in [9.17, 15) is 4.79 Å². The number of anilines is 1. The summed E-state index contributed by atoms with van der Waals surface area (Å²) in [7, 11) is 0. The molecule has 4 nitrogen and oxygen atoms in total. The summed E-state index contributed by atoms with van der Waals surface area (Å²) in [5.74, 6) is 0.0362. The van der Waals surface area contributed by atoms with E-state index in [1.165, 1.54) is 0 Å². The highest BCUT2D eigenvalue weighted by Gasteiger charge is 2.41. The van der Waals surface area contributed by atoms with Gasteiger partial charge in [0.15, 0.2) is 0 Å². The van der Waals surface area contributed by atoms with E-state index in [-0.39, 0.29) is 18.1 Å². The maximum absolute atomic E-state index is 12.0. The number of hydrogen-bond acceptors (Lipinski definition) is 3. The van der Waals surface area contributed by atoms with Crippen molar-refractivity contribution in [3.05, 3.63) is 29.8 Å². The molecule has 0 spiro atoms. The van der Waals surface area contributed by atoms with Crippen LogP contribution >= 0.6 is 0 Å². The van der Waals surface area contributed by atoms with Crippen LogP contribution in [0.3, 0.4) is 0 Å². The van der Waals surface area contributed by atoms with E-state index in [0.717, 1.165) is 24.8 Å². The van der Waals surface area contributed by atoms with E-state index in [1.807, 2.05) is 24.3 Å². The minimum Gasteiger partial charge on any atom is -0.398 e. The van der Waals surface area contributed by atoms with E-state index in [1.54, 1.807) is 0 Å². The third kappa shape index (κ3) is 2.20. The smallest absolute Gasteiger partial charge is 0.224 e. The molecule has 2 aliphatic heterocycles. The molecule has 0 saturated carbocycles. The van der Waals surface area contributed by atoms with Gasteiger partial charge in [-0.2, -0.15) is 0 Å². The molecular formula is C14H18N2O2. The summed E-state index contributed by atoms with van der Waals surface area (Å²) < 4.78 is 5.72. The molecule has 18 heavy (non-hydrogen) atoms. The molecule has 1 aromatic carbocycles. The lowest BCUT2D eigenvalue weighted by Gasteiger charge is -2.20. The van der Waals surface area contributed by atoms with Crippen LogP contribution in [0.1, 0.15) is 24.8 Å². The number of fused-ring (bicyclic) bond motifs is 2. The average Bonchev–Trinajstić information content (AvgIpc) is 2.94. The van der Waals surface area contributed by atoms with Gasteiger partial charge >= 0.3 is 0 Å². The number of hydrogen-bond donors (Lipinski definition) is 2. The number of nitrogens with one attached hydrogen (secondary N) is 1. The summed E-state index contributed by atoms with van der Waals surface area (Å²) in [6.45, 7) is 0. The van der Waals surface area contributed by atoms with Crippen LogP contribution in [0, 0.1) is 0 Å². The van der Waals surface area contributed by atoms with Gasteiger partial charge in [-0.25, -0.2) is 0 Å². The molecule has 3 N–H and O–H groups in total. The van der Waals surface area contributed by atoms with Crippen molar-refractivity contribution >= 4 is 11.6 Å². The fourth-order valence-corrected chi connectivity index (χ4v) is 2.92. The van der Waals surface area contributed by atoms with Crippen LogP contribution < -0.4 is 11.1 Å². The molecule has 2 aliphatic rings. The Morgan fingerprint density at radius 3 is 2.89 bits per heavy atom. The molecule has 3 unspecified atom stereocenters. The first-order chi connectivity index (χ1) is 8.72. The van der Waals surface area contributed by atoms with Crippen molar-refractivity contribution in [3.8, 4) is 0 Å². The zero-order valence-electron chi connectivity index (χ0n) is 10.3. The average molecular weight is 246 g/mol. The molecule has 2 heterocycles. The van der Waals surface area contributed by atoms with Crippen molar-refractivity contribution in [1.82, 2.24) is 5.32 Å². The van der Waals surface area contributed by atoms with Gasteiger partial charge in [0.2, 0.25) is 5.91 Å². The quantitative estimate of drug-likeness (QED) is 0.789. The van der Waals surface area contributed by atoms with Crippen LogP contribution in [0.15, 0.2) is 24.3 Å². The molecule has 3 rings (SSSR count). The van der Waals surface area contributed by atoms with Gasteiger partial charge in [-0.15, -0.1) is 0 Å². The lowest BCUT2D eigenvalue weighted by Crippen LogP contribution is -2.42. The Balaban J connectivity index is 1.58. The fourth-order valence-electron chi connectivity index (χ4n) is 2.92. The van der Waals surface area contributed by atoms with Gasteiger partial charge in [-0.05, 0) is 30.9 Å². The van der Waals surface area contributed by atoms with Crippen molar-refractivity contribution in [2.75, 3.05) is 5.73 Å². The Labute approximate surface area is 107 Å². The number of para-hydroxylation sites is 1. The first-order valence-electron chi connectivity index (χ1n) is 6.50. The lowest BCUT2D eigenvalue weighted by atomic mass is 9.95. The Morgan fingerprint density at radius 1 is 1.39 bits per heavy atom. The van der Waals surface area contributed by atoms with E-state index < -0.39 is 0 Å². The van der Waals surface area contributed by atoms with Crippen molar-refractivity contribution in [2.45, 2.75) is 43.9 Å². The fraction of sp³-hybridized carbons (Fsp3) is 0.500. The van der Waals surface area contributed by atoms with Crippen molar-refractivity contribution in [2.24, 2.45) is 0 Å². The number of ether oxygens (including phenoxy) is 1. The Hall–Kier alpha value is -1.55. The number of benzene rings is 1. The zero-order valence-corrected chi connectivity index (χ0v) is 10.3. The summed E-state index contributed by atoms with van der Waals surface area (Å²) in [5.41, 5.74) is 7.40. The number of nitrogens with two attached hydrogens (primary N) is 1. The highest BCUT2D eigenvalue weighted by molar-refractivity contribution is 5.80. The van der Waals surface area contributed by atoms with Crippen LogP contribution in [0.4, 0.5) is 5.69 Å². The molecule has 4 heteroatoms. The molecule has 3 atom stereocenters. The summed E-state index contributed by atoms with van der Waals surface area (Å²) >= 11 is 0. The molecule has 2 fully saturated rings. The predicted molar refractivity (Wildman–Crippen MR) is 69.0 cm³/mol. The van der Waals surface area contributed by atoms with Crippen LogP contribution in [0.25, 0.3) is 0 Å². The molecule has 0 radical (unpaired) electrons. The molecular weight excluding hydrogens is 228 g/mol. The summed E-state index contributed by atoms with van der Waals surface area (Å²) in [5, 5.41) is 3.07. The second kappa shape index (κ2) is 4.61. The molecule has 1 amide bonds. The highest BCUT2D eigenvalue weighted by Crippen LogP contribution is 2.34. The normalized spacial score (nSPS) is 29.4. The van der Waals surface area contributed by atoms with Gasteiger partial charge in [-0.3, -0.25) is 4.79 Å². The Kier molecular flexibility index (Phi) is 2.96. The van der Waals surface area contributed by atoms with Gasteiger partial charge in [0, 0.05) is 5.69 Å². The molecule has 0 aliphatic carbocycles. The van der Waals surface area contributed by atoms with Crippen LogP contribution in [0.5, 0.6) is 0 Å². The summed E-state index contributed by atoms with van der Waals surface area (Å²) in [6, 6.07) is 7.69. The van der Waals surface area contributed by atoms with E-state index in [4.69, 9.17) is 10.5 Å². The number of rotatable bonds is 3. The minimum absolute atomic E-state index is 0.0362. The Bertz CT molecular complexity index is 461. The molecule has 0 aromatic heterocycles. The number of amides is 1. The SMILES string of the molecule is Nc1ccccc1CC(=O)NC1CC2CCC1O2. The number of carbonyl (C=O) groups is 1. The van der Waals surface area contributed by atoms with Crippen molar-refractivity contribution < 1.29 is 9.53 Å². The van der Waals surface area contributed by atoms with Crippen molar-refractivity contribution in [1.29, 1.82) is 0 Å². The van der Waals surface area contributed by atoms with Gasteiger partial charge in [0.05, 0.1) is 24.7 Å². The molecule has 96 valence electrons. The summed E-state index contributed by atoms with van der Waals surface area (Å²) in [4.78, 5) is 12.0. The van der Waals surface area contributed by atoms with Gasteiger partial charge in [0.25, 0.3) is 0 Å². The Morgan fingerprint density at radius 2 is 2.22 bits per heavy atom. The minimum atomic E-state index is 0.0362. The standard InChI is InChI=1S/C14H18N2O2/c15-11-4-2-1-3-9(11)7-14(17)16-12-8-10-5-6-13(12)18-10/h1-4,10,12-13H,5-8,15H2,(H,16,17). The third-order valence-electron chi connectivity index (χ3n) is 3.86. The van der Waals surface area contributed by atoms with Gasteiger partial charge in [0.1, 0.15) is 0 Å².